The summed E-state index contributed by atoms with van der Waals surface area (Å²) in [5.41, 5.74) is 2.85. The summed E-state index contributed by atoms with van der Waals surface area (Å²) < 4.78 is 6.45. The van der Waals surface area contributed by atoms with Crippen molar-refractivity contribution in [3.63, 3.8) is 0 Å². The van der Waals surface area contributed by atoms with Gasteiger partial charge in [-0.2, -0.15) is 0 Å². The summed E-state index contributed by atoms with van der Waals surface area (Å²) in [7, 11) is 1.79. The first-order valence-electron chi connectivity index (χ1n) is 7.66. The van der Waals surface area contributed by atoms with Gasteiger partial charge in [0.1, 0.15) is 0 Å². The summed E-state index contributed by atoms with van der Waals surface area (Å²) in [6.45, 7) is 10.6. The third-order valence-electron chi connectivity index (χ3n) is 3.89. The molecule has 1 N–H and O–H groups in total. The molecule has 1 saturated heterocycles. The van der Waals surface area contributed by atoms with Gasteiger partial charge in [-0.25, -0.2) is 0 Å². The molecule has 0 aromatic heterocycles. The van der Waals surface area contributed by atoms with Crippen molar-refractivity contribution < 1.29 is 4.74 Å². The summed E-state index contributed by atoms with van der Waals surface area (Å²) in [4.78, 5) is 2.49. The summed E-state index contributed by atoms with van der Waals surface area (Å²) >= 11 is 3.61. The van der Waals surface area contributed by atoms with Crippen LogP contribution >= 0.6 is 15.9 Å². The highest BCUT2D eigenvalue weighted by molar-refractivity contribution is 9.10. The van der Waals surface area contributed by atoms with E-state index in [-0.39, 0.29) is 5.54 Å². The van der Waals surface area contributed by atoms with Crippen LogP contribution in [0.15, 0.2) is 22.7 Å². The highest BCUT2D eigenvalue weighted by Gasteiger charge is 2.24. The second-order valence-electron chi connectivity index (χ2n) is 6.93. The number of hydrogen-bond acceptors (Lipinski definition) is 3. The molecule has 1 aliphatic heterocycles. The Kier molecular flexibility index (Phi) is 5.69. The molecule has 1 atom stereocenters. The minimum Gasteiger partial charge on any atom is -0.384 e. The molecule has 0 radical (unpaired) electrons. The SMILES string of the molecule is COCC1CCN(c2cc(Br)ccc2CNC(C)(C)C)C1. The van der Waals surface area contributed by atoms with Crippen LogP contribution in [-0.4, -0.2) is 32.3 Å². The number of hydrogen-bond donors (Lipinski definition) is 1. The van der Waals surface area contributed by atoms with E-state index in [1.54, 1.807) is 7.11 Å². The van der Waals surface area contributed by atoms with Crippen LogP contribution in [0, 0.1) is 5.92 Å². The van der Waals surface area contributed by atoms with Crippen molar-refractivity contribution in [3.8, 4) is 0 Å². The maximum Gasteiger partial charge on any atom is 0.0508 e. The highest BCUT2D eigenvalue weighted by Crippen LogP contribution is 2.30. The number of ether oxygens (including phenoxy) is 1. The van der Waals surface area contributed by atoms with E-state index in [9.17, 15) is 0 Å². The van der Waals surface area contributed by atoms with Crippen molar-refractivity contribution in [3.05, 3.63) is 28.2 Å². The van der Waals surface area contributed by atoms with E-state index >= 15 is 0 Å². The molecule has 0 spiro atoms. The fourth-order valence-electron chi connectivity index (χ4n) is 2.76. The van der Waals surface area contributed by atoms with E-state index in [0.717, 1.165) is 30.7 Å². The molecular formula is C17H27BrN2O. The van der Waals surface area contributed by atoms with Gasteiger partial charge >= 0.3 is 0 Å². The second kappa shape index (κ2) is 7.12. The second-order valence-corrected chi connectivity index (χ2v) is 7.85. The average Bonchev–Trinajstić information content (AvgIpc) is 2.85. The number of nitrogens with one attached hydrogen (secondary N) is 1. The quantitative estimate of drug-likeness (QED) is 0.869. The van der Waals surface area contributed by atoms with Crippen LogP contribution < -0.4 is 10.2 Å². The molecule has 0 aliphatic carbocycles. The zero-order valence-corrected chi connectivity index (χ0v) is 15.2. The van der Waals surface area contributed by atoms with Gasteiger partial charge in [0.25, 0.3) is 0 Å². The molecule has 4 heteroatoms. The standard InChI is InChI=1S/C17H27BrN2O/c1-17(2,3)19-10-14-5-6-15(18)9-16(14)20-8-7-13(11-20)12-21-4/h5-6,9,13,19H,7-8,10-12H2,1-4H3. The molecule has 1 aromatic rings. The van der Waals surface area contributed by atoms with Gasteiger partial charge in [-0.05, 0) is 44.9 Å². The molecule has 1 fully saturated rings. The highest BCUT2D eigenvalue weighted by atomic mass is 79.9. The van der Waals surface area contributed by atoms with Crippen molar-refractivity contribution in [2.45, 2.75) is 39.3 Å². The topological polar surface area (TPSA) is 24.5 Å². The Bertz CT molecular complexity index is 470. The van der Waals surface area contributed by atoms with Gasteiger partial charge < -0.3 is 15.0 Å². The van der Waals surface area contributed by atoms with Crippen LogP contribution in [0.3, 0.4) is 0 Å². The Balaban J connectivity index is 2.12. The Morgan fingerprint density at radius 1 is 1.38 bits per heavy atom. The lowest BCUT2D eigenvalue weighted by Gasteiger charge is -2.26. The minimum atomic E-state index is 0.133. The Hall–Kier alpha value is -0.580. The smallest absolute Gasteiger partial charge is 0.0508 e. The summed E-state index contributed by atoms with van der Waals surface area (Å²) in [6, 6.07) is 6.60. The van der Waals surface area contributed by atoms with Crippen molar-refractivity contribution in [1.29, 1.82) is 0 Å². The van der Waals surface area contributed by atoms with E-state index in [1.807, 2.05) is 0 Å². The molecule has 1 aromatic carbocycles. The molecule has 0 amide bonds. The van der Waals surface area contributed by atoms with Gasteiger partial charge in [0.05, 0.1) is 6.61 Å². The number of halogens is 1. The molecule has 3 nitrogen and oxygen atoms in total. The molecule has 0 bridgehead atoms. The van der Waals surface area contributed by atoms with E-state index < -0.39 is 0 Å². The van der Waals surface area contributed by atoms with Crippen LogP contribution in [-0.2, 0) is 11.3 Å². The predicted octanol–water partition coefficient (Wildman–Crippen LogP) is 3.81. The Morgan fingerprint density at radius 3 is 2.81 bits per heavy atom. The van der Waals surface area contributed by atoms with E-state index in [0.29, 0.717) is 5.92 Å². The monoisotopic (exact) mass is 354 g/mol. The average molecular weight is 355 g/mol. The van der Waals surface area contributed by atoms with Gasteiger partial charge in [-0.1, -0.05) is 22.0 Å². The molecule has 118 valence electrons. The van der Waals surface area contributed by atoms with Crippen molar-refractivity contribution in [2.24, 2.45) is 5.92 Å². The maximum atomic E-state index is 5.31. The lowest BCUT2D eigenvalue weighted by Crippen LogP contribution is -2.35. The maximum absolute atomic E-state index is 5.31. The molecule has 2 rings (SSSR count). The molecule has 1 aliphatic rings. The van der Waals surface area contributed by atoms with Gasteiger partial charge in [-0.3, -0.25) is 0 Å². The molecular weight excluding hydrogens is 328 g/mol. The first kappa shape index (κ1) is 16.8. The van der Waals surface area contributed by atoms with Crippen molar-refractivity contribution >= 4 is 21.6 Å². The molecule has 0 saturated carbocycles. The zero-order chi connectivity index (χ0) is 15.5. The van der Waals surface area contributed by atoms with Crippen LogP contribution in [0.1, 0.15) is 32.8 Å². The largest absolute Gasteiger partial charge is 0.384 e. The normalized spacial score (nSPS) is 19.3. The molecule has 1 unspecified atom stereocenters. The van der Waals surface area contributed by atoms with Crippen LogP contribution in [0.5, 0.6) is 0 Å². The van der Waals surface area contributed by atoms with E-state index in [4.69, 9.17) is 4.74 Å². The van der Waals surface area contributed by atoms with Crippen molar-refractivity contribution in [2.75, 3.05) is 31.7 Å². The number of anilines is 1. The lowest BCUT2D eigenvalue weighted by molar-refractivity contribution is 0.161. The van der Waals surface area contributed by atoms with Crippen LogP contribution in [0.25, 0.3) is 0 Å². The minimum absolute atomic E-state index is 0.133. The Labute approximate surface area is 137 Å². The number of methoxy groups -OCH3 is 1. The third kappa shape index (κ3) is 4.97. The van der Waals surface area contributed by atoms with Crippen LogP contribution in [0.2, 0.25) is 0 Å². The summed E-state index contributed by atoms with van der Waals surface area (Å²) in [6.07, 6.45) is 1.21. The zero-order valence-electron chi connectivity index (χ0n) is 13.6. The van der Waals surface area contributed by atoms with E-state index in [2.05, 4.69) is 65.1 Å². The van der Waals surface area contributed by atoms with Crippen molar-refractivity contribution in [1.82, 2.24) is 5.32 Å². The first-order valence-corrected chi connectivity index (χ1v) is 8.45. The van der Waals surface area contributed by atoms with Gasteiger partial charge in [0, 0.05) is 48.4 Å². The van der Waals surface area contributed by atoms with Gasteiger partial charge in [-0.15, -0.1) is 0 Å². The fourth-order valence-corrected chi connectivity index (χ4v) is 3.11. The number of nitrogens with zero attached hydrogens (tertiary/aromatic N) is 1. The number of benzene rings is 1. The fraction of sp³-hybridized carbons (Fsp3) is 0.647. The summed E-state index contributed by atoms with van der Waals surface area (Å²) in [5.74, 6) is 0.650. The Morgan fingerprint density at radius 2 is 2.14 bits per heavy atom. The molecule has 21 heavy (non-hydrogen) atoms. The van der Waals surface area contributed by atoms with Crippen LogP contribution in [0.4, 0.5) is 5.69 Å². The number of rotatable bonds is 5. The predicted molar refractivity (Wildman–Crippen MR) is 92.9 cm³/mol. The molecule has 1 heterocycles. The van der Waals surface area contributed by atoms with Gasteiger partial charge in [0.15, 0.2) is 0 Å². The third-order valence-corrected chi connectivity index (χ3v) is 4.38. The van der Waals surface area contributed by atoms with Gasteiger partial charge in [0.2, 0.25) is 0 Å². The lowest BCUT2D eigenvalue weighted by atomic mass is 10.1. The summed E-state index contributed by atoms with van der Waals surface area (Å²) in [5, 5.41) is 3.59. The van der Waals surface area contributed by atoms with E-state index in [1.165, 1.54) is 17.7 Å². The first-order chi connectivity index (χ1) is 9.89.